The fraction of sp³-hybridized carbons (Fsp3) is 0.174. The lowest BCUT2D eigenvalue weighted by molar-refractivity contribution is 0.355. The van der Waals surface area contributed by atoms with Crippen molar-refractivity contribution in [2.75, 3.05) is 44.4 Å². The van der Waals surface area contributed by atoms with Crippen molar-refractivity contribution in [1.82, 2.24) is 15.0 Å². The van der Waals surface area contributed by atoms with Gasteiger partial charge in [0.2, 0.25) is 0 Å². The summed E-state index contributed by atoms with van der Waals surface area (Å²) in [5.74, 6) is 1.67. The standard InChI is InChI=1S/C15H14N4O2.C8H12N2O.2H2/c1-20-12-6-3-9(7-13(12)21-2)10-4-5-11-15(18-10)19-14(16)8-17-11;1-10(2)8-5-3-7(9-11)4-6-8;;/h3-8H,1-2H3,(H2,16,18,19);3-6,9,11H,1-2H3;2*1H. The summed E-state index contributed by atoms with van der Waals surface area (Å²) in [6, 6.07) is 16.9. The minimum atomic E-state index is 0. The molecule has 0 saturated heterocycles. The zero-order valence-electron chi connectivity index (χ0n) is 18.4. The van der Waals surface area contributed by atoms with Crippen molar-refractivity contribution < 1.29 is 17.5 Å². The van der Waals surface area contributed by atoms with Crippen LogP contribution in [-0.4, -0.2) is 48.5 Å². The van der Waals surface area contributed by atoms with Crippen LogP contribution >= 0.6 is 0 Å². The number of fused-ring (bicyclic) bond motifs is 1. The van der Waals surface area contributed by atoms with E-state index in [4.69, 9.17) is 20.4 Å². The average molecular weight is 439 g/mol. The zero-order chi connectivity index (χ0) is 23.1. The summed E-state index contributed by atoms with van der Waals surface area (Å²) in [6.45, 7) is 0. The Bertz CT molecular complexity index is 1190. The summed E-state index contributed by atoms with van der Waals surface area (Å²) >= 11 is 0. The molecule has 0 saturated carbocycles. The van der Waals surface area contributed by atoms with Crippen LogP contribution in [0, 0.1) is 0 Å². The van der Waals surface area contributed by atoms with Crippen molar-refractivity contribution in [3.63, 3.8) is 0 Å². The van der Waals surface area contributed by atoms with Gasteiger partial charge in [0.25, 0.3) is 0 Å². The Kier molecular flexibility index (Phi) is 7.25. The molecule has 0 aliphatic rings. The molecule has 0 spiro atoms. The van der Waals surface area contributed by atoms with E-state index in [2.05, 4.69) is 20.4 Å². The molecule has 0 fully saturated rings. The molecule has 4 aromatic rings. The molecule has 0 radical (unpaired) electrons. The molecule has 170 valence electrons. The van der Waals surface area contributed by atoms with Gasteiger partial charge in [-0.15, -0.1) is 0 Å². The summed E-state index contributed by atoms with van der Waals surface area (Å²) in [5, 5.41) is 8.50. The molecule has 2 heterocycles. The number of pyridine rings is 1. The number of ether oxygens (including phenoxy) is 2. The first-order valence-corrected chi connectivity index (χ1v) is 9.74. The van der Waals surface area contributed by atoms with Crippen LogP contribution in [0.4, 0.5) is 17.2 Å². The first-order chi connectivity index (χ1) is 15.4. The van der Waals surface area contributed by atoms with E-state index in [1.807, 2.05) is 73.6 Å². The highest BCUT2D eigenvalue weighted by atomic mass is 16.5. The van der Waals surface area contributed by atoms with Gasteiger partial charge in [0.05, 0.1) is 31.8 Å². The quantitative estimate of drug-likeness (QED) is 0.391. The third kappa shape index (κ3) is 5.32. The minimum absolute atomic E-state index is 0. The number of hydrogen-bond donors (Lipinski definition) is 3. The summed E-state index contributed by atoms with van der Waals surface area (Å²) < 4.78 is 10.5. The molecule has 2 aromatic heterocycles. The van der Waals surface area contributed by atoms with Crippen LogP contribution in [0.1, 0.15) is 2.85 Å². The van der Waals surface area contributed by atoms with Gasteiger partial charge in [-0.2, -0.15) is 0 Å². The molecule has 0 unspecified atom stereocenters. The number of nitrogens with zero attached hydrogens (tertiary/aromatic N) is 4. The smallest absolute Gasteiger partial charge is 0.180 e. The van der Waals surface area contributed by atoms with Crippen molar-refractivity contribution in [3.05, 3.63) is 60.8 Å². The number of nitrogens with one attached hydrogen (secondary N) is 1. The molecule has 4 rings (SSSR count). The summed E-state index contributed by atoms with van der Waals surface area (Å²) in [7, 11) is 7.15. The molecule has 0 aliphatic heterocycles. The van der Waals surface area contributed by atoms with E-state index >= 15 is 0 Å². The van der Waals surface area contributed by atoms with Gasteiger partial charge in [-0.3, -0.25) is 10.7 Å². The fourth-order valence-corrected chi connectivity index (χ4v) is 2.90. The Balaban J connectivity index is 0.000000382. The Morgan fingerprint density at radius 3 is 2.28 bits per heavy atom. The van der Waals surface area contributed by atoms with Gasteiger partial charge in [-0.25, -0.2) is 15.0 Å². The number of benzene rings is 2. The van der Waals surface area contributed by atoms with Gasteiger partial charge >= 0.3 is 0 Å². The van der Waals surface area contributed by atoms with Crippen molar-refractivity contribution in [2.24, 2.45) is 0 Å². The van der Waals surface area contributed by atoms with Gasteiger partial charge < -0.3 is 20.1 Å². The van der Waals surface area contributed by atoms with Crippen molar-refractivity contribution in [3.8, 4) is 22.8 Å². The van der Waals surface area contributed by atoms with Crippen LogP contribution in [0.2, 0.25) is 0 Å². The largest absolute Gasteiger partial charge is 0.493 e. The maximum Gasteiger partial charge on any atom is 0.180 e. The molecule has 9 nitrogen and oxygen atoms in total. The number of nitrogen functional groups attached to an aromatic ring is 1. The van der Waals surface area contributed by atoms with E-state index in [-0.39, 0.29) is 2.85 Å². The van der Waals surface area contributed by atoms with Crippen molar-refractivity contribution >= 4 is 28.4 Å². The van der Waals surface area contributed by atoms with Gasteiger partial charge in [0.15, 0.2) is 17.1 Å². The monoisotopic (exact) mass is 438 g/mol. The lowest BCUT2D eigenvalue weighted by Crippen LogP contribution is -2.08. The second-order valence-corrected chi connectivity index (χ2v) is 6.96. The first-order valence-electron chi connectivity index (χ1n) is 9.74. The number of aromatic nitrogens is 3. The predicted molar refractivity (Wildman–Crippen MR) is 131 cm³/mol. The highest BCUT2D eigenvalue weighted by Crippen LogP contribution is 2.31. The first kappa shape index (κ1) is 22.6. The van der Waals surface area contributed by atoms with Crippen LogP contribution in [0.5, 0.6) is 11.5 Å². The molecular formula is C23H30N6O3. The summed E-state index contributed by atoms with van der Waals surface area (Å²) in [4.78, 5) is 14.9. The van der Waals surface area contributed by atoms with E-state index in [0.717, 1.165) is 16.9 Å². The molecule has 0 bridgehead atoms. The van der Waals surface area contributed by atoms with E-state index in [9.17, 15) is 0 Å². The van der Waals surface area contributed by atoms with E-state index in [1.165, 1.54) is 6.20 Å². The Morgan fingerprint density at radius 2 is 1.66 bits per heavy atom. The summed E-state index contributed by atoms with van der Waals surface area (Å²) in [5.41, 5.74) is 12.4. The SMILES string of the molecule is CN(C)c1ccc(NO)cc1.COc1ccc(-c2ccc3ncc(N)nc3n2)cc1OC.[HH].[HH]. The number of hydrogen-bond acceptors (Lipinski definition) is 9. The topological polar surface area (TPSA) is 119 Å². The third-order valence-corrected chi connectivity index (χ3v) is 4.62. The zero-order valence-corrected chi connectivity index (χ0v) is 18.4. The molecular weight excluding hydrogens is 408 g/mol. The normalized spacial score (nSPS) is 10.2. The van der Waals surface area contributed by atoms with Crippen LogP contribution in [0.3, 0.4) is 0 Å². The number of anilines is 3. The second kappa shape index (κ2) is 10.3. The fourth-order valence-electron chi connectivity index (χ4n) is 2.90. The third-order valence-electron chi connectivity index (χ3n) is 4.62. The minimum Gasteiger partial charge on any atom is -0.493 e. The van der Waals surface area contributed by atoms with Gasteiger partial charge in [-0.05, 0) is 54.6 Å². The van der Waals surface area contributed by atoms with Crippen LogP contribution in [0.15, 0.2) is 60.8 Å². The van der Waals surface area contributed by atoms with Crippen molar-refractivity contribution in [1.29, 1.82) is 0 Å². The lowest BCUT2D eigenvalue weighted by Gasteiger charge is -2.11. The number of methoxy groups -OCH3 is 2. The lowest BCUT2D eigenvalue weighted by atomic mass is 10.1. The molecule has 9 heteroatoms. The highest BCUT2D eigenvalue weighted by molar-refractivity contribution is 5.76. The van der Waals surface area contributed by atoms with Crippen LogP contribution in [0.25, 0.3) is 22.4 Å². The molecule has 0 aliphatic carbocycles. The Labute approximate surface area is 189 Å². The molecule has 2 aromatic carbocycles. The average Bonchev–Trinajstić information content (AvgIpc) is 2.83. The Morgan fingerprint density at radius 1 is 0.938 bits per heavy atom. The Hall–Kier alpha value is -4.11. The van der Waals surface area contributed by atoms with E-state index in [0.29, 0.717) is 34.2 Å². The number of rotatable bonds is 5. The maximum absolute atomic E-state index is 8.50. The van der Waals surface area contributed by atoms with Crippen molar-refractivity contribution in [2.45, 2.75) is 0 Å². The highest BCUT2D eigenvalue weighted by Gasteiger charge is 2.08. The van der Waals surface area contributed by atoms with Crippen LogP contribution < -0.4 is 25.6 Å². The number of nitrogens with two attached hydrogens (primary N) is 1. The molecule has 32 heavy (non-hydrogen) atoms. The van der Waals surface area contributed by atoms with Gasteiger partial charge in [0, 0.05) is 28.2 Å². The van der Waals surface area contributed by atoms with Gasteiger partial charge in [-0.1, -0.05) is 0 Å². The van der Waals surface area contributed by atoms with Crippen LogP contribution in [-0.2, 0) is 0 Å². The second-order valence-electron chi connectivity index (χ2n) is 6.96. The summed E-state index contributed by atoms with van der Waals surface area (Å²) in [6.07, 6.45) is 1.51. The molecule has 0 amide bonds. The maximum atomic E-state index is 8.50. The molecule has 4 N–H and O–H groups in total. The van der Waals surface area contributed by atoms with E-state index in [1.54, 1.807) is 14.2 Å². The predicted octanol–water partition coefficient (Wildman–Crippen LogP) is 4.34. The van der Waals surface area contributed by atoms with E-state index < -0.39 is 0 Å². The van der Waals surface area contributed by atoms with Gasteiger partial charge in [0.1, 0.15) is 11.3 Å². The molecule has 0 atom stereocenters.